The van der Waals surface area contributed by atoms with Crippen LogP contribution in [0.3, 0.4) is 0 Å². The predicted octanol–water partition coefficient (Wildman–Crippen LogP) is 4.73. The van der Waals surface area contributed by atoms with E-state index in [9.17, 15) is 4.79 Å². The Balaban J connectivity index is 2.76. The first kappa shape index (κ1) is 18.8. The monoisotopic (exact) mass is 326 g/mol. The lowest BCUT2D eigenvalue weighted by atomic mass is 9.94. The lowest BCUT2D eigenvalue weighted by Crippen LogP contribution is -2.48. The van der Waals surface area contributed by atoms with Crippen LogP contribution in [0.4, 0.5) is 4.79 Å². The molecule has 0 bridgehead atoms. The van der Waals surface area contributed by atoms with Crippen molar-refractivity contribution in [3.05, 3.63) is 34.9 Å². The van der Waals surface area contributed by atoms with Crippen molar-refractivity contribution in [2.45, 2.75) is 52.5 Å². The molecule has 4 nitrogen and oxygen atoms in total. The quantitative estimate of drug-likeness (QED) is 0.554. The highest BCUT2D eigenvalue weighted by molar-refractivity contribution is 6.31. The topological polar surface area (TPSA) is 41.6 Å². The van der Waals surface area contributed by atoms with Crippen molar-refractivity contribution in [2.24, 2.45) is 0 Å². The smallest absolute Gasteiger partial charge is 0.327 e. The molecule has 5 heteroatoms. The van der Waals surface area contributed by atoms with E-state index >= 15 is 0 Å². The molecule has 0 atom stereocenters. The maximum Gasteiger partial charge on any atom is 0.342 e. The van der Waals surface area contributed by atoms with Gasteiger partial charge in [-0.15, -0.1) is 0 Å². The fraction of sp³-hybridized carbons (Fsp3) is 0.588. The Hall–Kier alpha value is -1.26. The van der Waals surface area contributed by atoms with E-state index in [1.54, 1.807) is 0 Å². The summed E-state index contributed by atoms with van der Waals surface area (Å²) in [6.45, 7) is 9.09. The summed E-state index contributed by atoms with van der Waals surface area (Å²) >= 11 is 6.24. The molecule has 0 aromatic heterocycles. The first-order chi connectivity index (χ1) is 10.4. The number of carbonyl (C=O) groups is 1. The zero-order valence-corrected chi connectivity index (χ0v) is 14.7. The van der Waals surface area contributed by atoms with Crippen LogP contribution in [0, 0.1) is 0 Å². The minimum atomic E-state index is -0.574. The maximum atomic E-state index is 12.5. The summed E-state index contributed by atoms with van der Waals surface area (Å²) in [6, 6.07) is 7.30. The van der Waals surface area contributed by atoms with Crippen LogP contribution in [0.15, 0.2) is 24.3 Å². The molecule has 0 heterocycles. The molecular formula is C17H27ClN2O2. The number of nitrogens with one attached hydrogen (secondary N) is 1. The van der Waals surface area contributed by atoms with Crippen LogP contribution in [0.25, 0.3) is 0 Å². The van der Waals surface area contributed by atoms with Gasteiger partial charge in [-0.1, -0.05) is 50.1 Å². The van der Waals surface area contributed by atoms with Crippen LogP contribution in [-0.2, 0) is 10.4 Å². The number of hydrogen-bond acceptors (Lipinski definition) is 2. The van der Waals surface area contributed by atoms with Crippen molar-refractivity contribution in [1.82, 2.24) is 10.4 Å². The number of amides is 2. The van der Waals surface area contributed by atoms with Crippen molar-refractivity contribution in [3.8, 4) is 0 Å². The third kappa shape index (κ3) is 5.50. The predicted molar refractivity (Wildman–Crippen MR) is 90.9 cm³/mol. The summed E-state index contributed by atoms with van der Waals surface area (Å²) < 4.78 is 0. The molecule has 1 aromatic rings. The first-order valence-corrected chi connectivity index (χ1v) is 8.27. The molecule has 1 aromatic carbocycles. The third-order valence-electron chi connectivity index (χ3n) is 3.36. The van der Waals surface area contributed by atoms with E-state index in [0.717, 1.165) is 24.8 Å². The van der Waals surface area contributed by atoms with Gasteiger partial charge in [0.15, 0.2) is 0 Å². The van der Waals surface area contributed by atoms with Gasteiger partial charge in [0, 0.05) is 5.02 Å². The molecule has 2 amide bonds. The molecule has 0 aliphatic heterocycles. The number of urea groups is 1. The molecule has 0 fully saturated rings. The van der Waals surface area contributed by atoms with E-state index < -0.39 is 5.54 Å². The number of hydroxylamine groups is 2. The van der Waals surface area contributed by atoms with E-state index in [4.69, 9.17) is 16.4 Å². The van der Waals surface area contributed by atoms with Crippen LogP contribution in [-0.4, -0.2) is 24.2 Å². The Morgan fingerprint density at radius 3 is 2.55 bits per heavy atom. The summed E-state index contributed by atoms with van der Waals surface area (Å²) in [5.41, 5.74) is 0.310. The Morgan fingerprint density at radius 2 is 1.95 bits per heavy atom. The summed E-state index contributed by atoms with van der Waals surface area (Å²) in [5.74, 6) is 0. The third-order valence-corrected chi connectivity index (χ3v) is 3.69. The lowest BCUT2D eigenvalue weighted by molar-refractivity contribution is -0.119. The van der Waals surface area contributed by atoms with Gasteiger partial charge in [-0.3, -0.25) is 4.84 Å². The molecular weight excluding hydrogens is 300 g/mol. The van der Waals surface area contributed by atoms with E-state index in [1.807, 2.05) is 45.0 Å². The molecule has 0 spiro atoms. The molecule has 22 heavy (non-hydrogen) atoms. The summed E-state index contributed by atoms with van der Waals surface area (Å²) in [6.07, 6.45) is 2.81. The highest BCUT2D eigenvalue weighted by Gasteiger charge is 2.27. The highest BCUT2D eigenvalue weighted by atomic mass is 35.5. The van der Waals surface area contributed by atoms with E-state index in [1.165, 1.54) is 5.06 Å². The van der Waals surface area contributed by atoms with Gasteiger partial charge < -0.3 is 5.32 Å². The number of carbonyl (C=O) groups excluding carboxylic acids is 1. The van der Waals surface area contributed by atoms with Crippen LogP contribution in [0.5, 0.6) is 0 Å². The van der Waals surface area contributed by atoms with E-state index in [-0.39, 0.29) is 6.03 Å². The molecule has 0 unspecified atom stereocenters. The number of benzene rings is 1. The number of unbranched alkanes of at least 4 members (excludes halogenated alkanes) is 1. The van der Waals surface area contributed by atoms with Crippen molar-refractivity contribution in [3.63, 3.8) is 0 Å². The minimum absolute atomic E-state index is 0.233. The van der Waals surface area contributed by atoms with Crippen molar-refractivity contribution in [2.75, 3.05) is 13.2 Å². The molecule has 0 saturated carbocycles. The zero-order valence-electron chi connectivity index (χ0n) is 14.0. The summed E-state index contributed by atoms with van der Waals surface area (Å²) in [7, 11) is 0. The van der Waals surface area contributed by atoms with Gasteiger partial charge in [0.1, 0.15) is 0 Å². The van der Waals surface area contributed by atoms with Crippen LogP contribution in [0.2, 0.25) is 5.02 Å². The van der Waals surface area contributed by atoms with Gasteiger partial charge in [-0.2, -0.15) is 0 Å². The van der Waals surface area contributed by atoms with Gasteiger partial charge in [-0.05, 0) is 38.3 Å². The van der Waals surface area contributed by atoms with Gasteiger partial charge in [0.05, 0.1) is 18.7 Å². The molecule has 0 aliphatic carbocycles. The van der Waals surface area contributed by atoms with Crippen LogP contribution >= 0.6 is 11.6 Å². The fourth-order valence-electron chi connectivity index (χ4n) is 2.11. The standard InChI is InChI=1S/C17H27ClN2O2/c1-5-7-13-22-20(12-6-2)16(21)19-17(3,4)14-10-8-9-11-15(14)18/h8-11H,5-7,12-13H2,1-4H3,(H,19,21). The largest absolute Gasteiger partial charge is 0.342 e. The molecule has 124 valence electrons. The number of halogens is 1. The zero-order chi connectivity index (χ0) is 16.6. The Bertz CT molecular complexity index is 477. The average molecular weight is 327 g/mol. The molecule has 0 radical (unpaired) electrons. The average Bonchev–Trinajstić information content (AvgIpc) is 2.46. The molecule has 0 aliphatic rings. The van der Waals surface area contributed by atoms with Crippen molar-refractivity contribution >= 4 is 17.6 Å². The Morgan fingerprint density at radius 1 is 1.27 bits per heavy atom. The number of hydrogen-bond donors (Lipinski definition) is 1. The molecule has 1 rings (SSSR count). The normalized spacial score (nSPS) is 11.3. The second-order valence-electron chi connectivity index (χ2n) is 5.82. The lowest BCUT2D eigenvalue weighted by Gasteiger charge is -2.31. The minimum Gasteiger partial charge on any atom is -0.327 e. The van der Waals surface area contributed by atoms with Gasteiger partial charge in [0.25, 0.3) is 0 Å². The Kier molecular flexibility index (Phi) is 7.69. The van der Waals surface area contributed by atoms with Crippen molar-refractivity contribution in [1.29, 1.82) is 0 Å². The van der Waals surface area contributed by atoms with Crippen molar-refractivity contribution < 1.29 is 9.63 Å². The Labute approximate surface area is 138 Å². The number of rotatable bonds is 8. The fourth-order valence-corrected chi connectivity index (χ4v) is 2.48. The SMILES string of the molecule is CCCCON(CCC)C(=O)NC(C)(C)c1ccccc1Cl. The van der Waals surface area contributed by atoms with Gasteiger partial charge in [-0.25, -0.2) is 9.86 Å². The van der Waals surface area contributed by atoms with E-state index in [0.29, 0.717) is 18.2 Å². The number of nitrogens with zero attached hydrogens (tertiary/aromatic N) is 1. The maximum absolute atomic E-state index is 12.5. The second kappa shape index (κ2) is 9.01. The summed E-state index contributed by atoms with van der Waals surface area (Å²) in [5, 5.41) is 5.05. The van der Waals surface area contributed by atoms with Gasteiger partial charge in [0.2, 0.25) is 0 Å². The van der Waals surface area contributed by atoms with E-state index in [2.05, 4.69) is 12.2 Å². The second-order valence-corrected chi connectivity index (χ2v) is 6.23. The van der Waals surface area contributed by atoms with Gasteiger partial charge >= 0.3 is 6.03 Å². The highest BCUT2D eigenvalue weighted by Crippen LogP contribution is 2.27. The van der Waals surface area contributed by atoms with Crippen LogP contribution < -0.4 is 5.32 Å². The first-order valence-electron chi connectivity index (χ1n) is 7.90. The molecule has 1 N–H and O–H groups in total. The summed E-state index contributed by atoms with van der Waals surface area (Å²) in [4.78, 5) is 18.1. The van der Waals surface area contributed by atoms with Crippen LogP contribution in [0.1, 0.15) is 52.5 Å². The molecule has 0 saturated heterocycles.